The lowest BCUT2D eigenvalue weighted by Crippen LogP contribution is -2.49. The number of carbonyl (C=O) groups excluding carboxylic acids is 3. The van der Waals surface area contributed by atoms with Crippen LogP contribution in [0.15, 0.2) is 61.1 Å². The molecule has 0 unspecified atom stereocenters. The molecule has 3 aliphatic rings. The second-order valence-electron chi connectivity index (χ2n) is 14.1. The highest BCUT2D eigenvalue weighted by molar-refractivity contribution is 7.18. The number of aromatic nitrogens is 4. The average Bonchev–Trinajstić information content (AvgIpc) is 3.58. The summed E-state index contributed by atoms with van der Waals surface area (Å²) in [5.74, 6) is 0.675. The number of halogens is 3. The van der Waals surface area contributed by atoms with E-state index in [1.54, 1.807) is 34.7 Å². The van der Waals surface area contributed by atoms with E-state index >= 15 is 0 Å². The third-order valence-corrected chi connectivity index (χ3v) is 11.9. The second-order valence-corrected chi connectivity index (χ2v) is 15.2. The van der Waals surface area contributed by atoms with E-state index in [0.717, 1.165) is 102 Å². The zero-order valence-corrected chi connectivity index (χ0v) is 29.6. The van der Waals surface area contributed by atoms with E-state index in [0.29, 0.717) is 24.3 Å². The smallest absolute Gasteiger partial charge is 0.305 e. The highest BCUT2D eigenvalue weighted by Crippen LogP contribution is 2.40. The lowest BCUT2D eigenvalue weighted by atomic mass is 9.81. The van der Waals surface area contributed by atoms with Gasteiger partial charge in [-0.2, -0.15) is 13.2 Å². The molecule has 5 aromatic rings. The molecule has 0 radical (unpaired) electrons. The topological polar surface area (TPSA) is 133 Å². The van der Waals surface area contributed by atoms with Gasteiger partial charge < -0.3 is 10.2 Å². The summed E-state index contributed by atoms with van der Waals surface area (Å²) < 4.78 is 40.0. The van der Waals surface area contributed by atoms with Crippen molar-refractivity contribution < 1.29 is 27.6 Å². The quantitative estimate of drug-likeness (QED) is 0.175. The summed E-state index contributed by atoms with van der Waals surface area (Å²) in [6.07, 6.45) is 7.30. The molecule has 2 N–H and O–H groups in total. The maximum Gasteiger partial charge on any atom is 0.433 e. The molecule has 2 aliphatic heterocycles. The Hall–Kier alpha value is -5.02. The van der Waals surface area contributed by atoms with Crippen LogP contribution in [0.1, 0.15) is 83.5 Å². The van der Waals surface area contributed by atoms with E-state index in [-0.39, 0.29) is 23.8 Å². The minimum Gasteiger partial charge on any atom is -0.305 e. The molecule has 1 aromatic carbocycles. The molecule has 0 atom stereocenters. The number of amides is 4. The third-order valence-electron chi connectivity index (χ3n) is 10.7. The van der Waals surface area contributed by atoms with Crippen LogP contribution in [0.3, 0.4) is 0 Å². The molecule has 6 heterocycles. The fraction of sp³-hybridized carbons (Fsp3) is 0.395. The van der Waals surface area contributed by atoms with Crippen molar-refractivity contribution in [2.45, 2.75) is 63.0 Å². The fourth-order valence-electron chi connectivity index (χ4n) is 7.84. The maximum atomic E-state index is 13.1. The number of nitrogens with one attached hydrogen (secondary N) is 2. The molecule has 0 spiro atoms. The van der Waals surface area contributed by atoms with Gasteiger partial charge in [-0.05, 0) is 87.2 Å². The standard InChI is InChI=1S/C38H37F3N8O3S/c39-38(40,41)32-3-1-2-28(44-32)35(51)46-33-17-31-29(19-43-33)45-36(53-31)24-6-4-22(5-7-24)21-48-13-10-23(11-14-48)25-8-9-27-26(16-25)18-42-20-30(27)49-15-12-34(50)47-37(49)52/h1-3,8-9,16-20,22-24H,4-7,10-15,21H2,(H,43,46,51)(H,47,50,52). The Labute approximate surface area is 307 Å². The number of piperidine rings is 1. The first kappa shape index (κ1) is 35.0. The van der Waals surface area contributed by atoms with Gasteiger partial charge in [0.2, 0.25) is 5.91 Å². The van der Waals surface area contributed by atoms with Gasteiger partial charge in [0.1, 0.15) is 17.2 Å². The first-order chi connectivity index (χ1) is 25.6. The Morgan fingerprint density at radius 3 is 2.51 bits per heavy atom. The Morgan fingerprint density at radius 1 is 0.925 bits per heavy atom. The minimum atomic E-state index is -4.64. The molecule has 0 bridgehead atoms. The van der Waals surface area contributed by atoms with Gasteiger partial charge in [-0.3, -0.25) is 24.8 Å². The maximum absolute atomic E-state index is 13.1. The number of benzene rings is 1. The Balaban J connectivity index is 0.827. The van der Waals surface area contributed by atoms with Crippen molar-refractivity contribution in [3.63, 3.8) is 0 Å². The molecule has 2 saturated heterocycles. The second kappa shape index (κ2) is 14.4. The van der Waals surface area contributed by atoms with E-state index in [1.807, 2.05) is 6.20 Å². The van der Waals surface area contributed by atoms with E-state index < -0.39 is 23.8 Å². The number of likely N-dealkylation sites (tertiary alicyclic amines) is 1. The van der Waals surface area contributed by atoms with Gasteiger partial charge in [0.25, 0.3) is 5.91 Å². The summed E-state index contributed by atoms with van der Waals surface area (Å²) in [6, 6.07) is 11.0. The average molecular weight is 743 g/mol. The number of fused-ring (bicyclic) bond motifs is 2. The molecular formula is C38H37F3N8O3S. The summed E-state index contributed by atoms with van der Waals surface area (Å²) in [5.41, 5.74) is 1.29. The number of nitrogens with zero attached hydrogens (tertiary/aromatic N) is 6. The van der Waals surface area contributed by atoms with Crippen molar-refractivity contribution >= 4 is 61.7 Å². The van der Waals surface area contributed by atoms with Gasteiger partial charge in [0.05, 0.1) is 33.3 Å². The number of hydrogen-bond acceptors (Lipinski definition) is 9. The molecule has 4 amide bonds. The summed E-state index contributed by atoms with van der Waals surface area (Å²) in [6.45, 7) is 3.54. The molecule has 15 heteroatoms. The number of urea groups is 1. The highest BCUT2D eigenvalue weighted by Gasteiger charge is 2.33. The summed E-state index contributed by atoms with van der Waals surface area (Å²) in [4.78, 5) is 57.9. The Kier molecular flexibility index (Phi) is 9.53. The number of carbonyl (C=O) groups is 3. The van der Waals surface area contributed by atoms with Crippen LogP contribution in [0.4, 0.5) is 29.5 Å². The van der Waals surface area contributed by atoms with Gasteiger partial charge in [-0.15, -0.1) is 11.3 Å². The zero-order valence-electron chi connectivity index (χ0n) is 28.7. The van der Waals surface area contributed by atoms with Gasteiger partial charge >= 0.3 is 12.2 Å². The van der Waals surface area contributed by atoms with Crippen LogP contribution in [-0.2, 0) is 11.0 Å². The van der Waals surface area contributed by atoms with Crippen molar-refractivity contribution in [3.05, 3.63) is 83.0 Å². The van der Waals surface area contributed by atoms with E-state index in [9.17, 15) is 27.6 Å². The van der Waals surface area contributed by atoms with Crippen LogP contribution in [0, 0.1) is 5.92 Å². The number of hydrogen-bond donors (Lipinski definition) is 2. The molecule has 274 valence electrons. The van der Waals surface area contributed by atoms with Crippen LogP contribution in [0.2, 0.25) is 0 Å². The largest absolute Gasteiger partial charge is 0.433 e. The molecule has 1 saturated carbocycles. The number of pyridine rings is 3. The number of alkyl halides is 3. The Morgan fingerprint density at radius 2 is 1.74 bits per heavy atom. The minimum absolute atomic E-state index is 0.235. The molecule has 1 aliphatic carbocycles. The van der Waals surface area contributed by atoms with Crippen LogP contribution in [0.25, 0.3) is 21.0 Å². The van der Waals surface area contributed by atoms with Crippen LogP contribution in [0.5, 0.6) is 0 Å². The first-order valence-corrected chi connectivity index (χ1v) is 18.7. The number of thiazole rings is 1. The zero-order chi connectivity index (χ0) is 36.7. The van der Waals surface area contributed by atoms with Gasteiger partial charge in [-0.25, -0.2) is 19.7 Å². The third kappa shape index (κ3) is 7.58. The predicted octanol–water partition coefficient (Wildman–Crippen LogP) is 7.51. The normalized spacial score (nSPS) is 20.5. The van der Waals surface area contributed by atoms with Crippen molar-refractivity contribution in [1.82, 2.24) is 30.2 Å². The molecule has 53 heavy (non-hydrogen) atoms. The lowest BCUT2D eigenvalue weighted by molar-refractivity contribution is -0.141. The molecule has 8 rings (SSSR count). The summed E-state index contributed by atoms with van der Waals surface area (Å²) in [7, 11) is 0. The van der Waals surface area contributed by atoms with E-state index in [1.165, 1.54) is 11.6 Å². The molecular weight excluding hydrogens is 706 g/mol. The lowest BCUT2D eigenvalue weighted by Gasteiger charge is -2.36. The molecule has 4 aromatic heterocycles. The number of anilines is 2. The van der Waals surface area contributed by atoms with Crippen LogP contribution in [-0.4, -0.2) is 68.9 Å². The molecule has 3 fully saturated rings. The van der Waals surface area contributed by atoms with E-state index in [4.69, 9.17) is 4.98 Å². The van der Waals surface area contributed by atoms with Crippen molar-refractivity contribution in [1.29, 1.82) is 0 Å². The van der Waals surface area contributed by atoms with E-state index in [2.05, 4.69) is 48.7 Å². The van der Waals surface area contributed by atoms with Crippen LogP contribution >= 0.6 is 11.3 Å². The predicted molar refractivity (Wildman–Crippen MR) is 195 cm³/mol. The SMILES string of the molecule is O=C1CCN(c2cncc3cc(C4CCN(CC5CCC(c6nc7cnc(NC(=O)c8cccc(C(F)(F)F)n8)cc7s6)CC5)CC4)ccc23)C(=O)N1. The van der Waals surface area contributed by atoms with Gasteiger partial charge in [-0.1, -0.05) is 18.2 Å². The van der Waals surface area contributed by atoms with Crippen molar-refractivity contribution in [2.24, 2.45) is 5.92 Å². The monoisotopic (exact) mass is 742 g/mol. The number of rotatable bonds is 7. The summed E-state index contributed by atoms with van der Waals surface area (Å²) in [5, 5.41) is 7.96. The highest BCUT2D eigenvalue weighted by atomic mass is 32.1. The molecule has 11 nitrogen and oxygen atoms in total. The van der Waals surface area contributed by atoms with Crippen molar-refractivity contribution in [3.8, 4) is 0 Å². The van der Waals surface area contributed by atoms with Crippen LogP contribution < -0.4 is 15.5 Å². The Bertz CT molecular complexity index is 2190. The van der Waals surface area contributed by atoms with Gasteiger partial charge in [0.15, 0.2) is 0 Å². The van der Waals surface area contributed by atoms with Crippen molar-refractivity contribution in [2.75, 3.05) is 36.4 Å². The summed E-state index contributed by atoms with van der Waals surface area (Å²) >= 11 is 1.58. The van der Waals surface area contributed by atoms with Gasteiger partial charge in [0, 0.05) is 48.5 Å². The number of imide groups is 1. The fourth-order valence-corrected chi connectivity index (χ4v) is 8.99. The first-order valence-electron chi connectivity index (χ1n) is 17.9.